The van der Waals surface area contributed by atoms with Crippen molar-refractivity contribution < 1.29 is 0 Å². The molecule has 3 heteroatoms. The molecule has 0 aliphatic rings. The smallest absolute Gasteiger partial charge is 0.0568 e. The summed E-state index contributed by atoms with van der Waals surface area (Å²) in [7, 11) is 1.98. The summed E-state index contributed by atoms with van der Waals surface area (Å²) in [5.74, 6) is 0. The molecular weight excluding hydrogens is 210 g/mol. The highest BCUT2D eigenvalue weighted by atomic mass is 15.1. The van der Waals surface area contributed by atoms with Gasteiger partial charge in [0, 0.05) is 11.3 Å². The van der Waals surface area contributed by atoms with Crippen molar-refractivity contribution in [1.29, 1.82) is 0 Å². The van der Waals surface area contributed by atoms with Gasteiger partial charge in [-0.3, -0.25) is 5.10 Å². The van der Waals surface area contributed by atoms with Crippen LogP contribution in [0, 0.1) is 6.92 Å². The number of aromatic nitrogens is 2. The van der Waals surface area contributed by atoms with Crippen LogP contribution in [0.2, 0.25) is 0 Å². The standard InChI is InChI=1S/C14H19N3/c1-11-6-3-4-7-12(11)13-10-16-17-14(13)8-5-9-15-2/h3-4,6-7,10,15H,5,8-9H2,1-2H3,(H,16,17). The maximum Gasteiger partial charge on any atom is 0.0568 e. The molecule has 0 spiro atoms. The van der Waals surface area contributed by atoms with Gasteiger partial charge in [-0.2, -0.15) is 5.10 Å². The molecule has 0 fully saturated rings. The number of aromatic amines is 1. The SMILES string of the molecule is CNCCCc1[nH]ncc1-c1ccccc1C. The van der Waals surface area contributed by atoms with Gasteiger partial charge in [-0.05, 0) is 44.5 Å². The first kappa shape index (κ1) is 11.9. The Morgan fingerprint density at radius 2 is 2.06 bits per heavy atom. The highest BCUT2D eigenvalue weighted by Gasteiger charge is 2.08. The predicted octanol–water partition coefficient (Wildman–Crippen LogP) is 2.54. The molecule has 0 bridgehead atoms. The van der Waals surface area contributed by atoms with E-state index in [4.69, 9.17) is 0 Å². The lowest BCUT2D eigenvalue weighted by atomic mass is 9.99. The highest BCUT2D eigenvalue weighted by molar-refractivity contribution is 5.68. The molecule has 1 heterocycles. The molecule has 2 aromatic rings. The second-order valence-electron chi connectivity index (χ2n) is 4.28. The number of nitrogens with zero attached hydrogens (tertiary/aromatic N) is 1. The molecule has 0 aliphatic heterocycles. The Kier molecular flexibility index (Phi) is 3.94. The van der Waals surface area contributed by atoms with Crippen molar-refractivity contribution >= 4 is 0 Å². The lowest BCUT2D eigenvalue weighted by Crippen LogP contribution is -2.08. The van der Waals surface area contributed by atoms with E-state index in [2.05, 4.69) is 46.7 Å². The molecule has 2 N–H and O–H groups in total. The Bertz CT molecular complexity index is 474. The summed E-state index contributed by atoms with van der Waals surface area (Å²) in [4.78, 5) is 0. The van der Waals surface area contributed by atoms with E-state index in [1.165, 1.54) is 22.4 Å². The average molecular weight is 229 g/mol. The number of rotatable bonds is 5. The van der Waals surface area contributed by atoms with Gasteiger partial charge in [0.05, 0.1) is 6.20 Å². The van der Waals surface area contributed by atoms with E-state index in [1.807, 2.05) is 13.2 Å². The van der Waals surface area contributed by atoms with Crippen LogP contribution in [0.15, 0.2) is 30.5 Å². The van der Waals surface area contributed by atoms with E-state index < -0.39 is 0 Å². The fourth-order valence-corrected chi connectivity index (χ4v) is 2.05. The van der Waals surface area contributed by atoms with E-state index in [0.29, 0.717) is 0 Å². The summed E-state index contributed by atoms with van der Waals surface area (Å²) in [5, 5.41) is 10.5. The predicted molar refractivity (Wildman–Crippen MR) is 71.0 cm³/mol. The summed E-state index contributed by atoms with van der Waals surface area (Å²) in [6.45, 7) is 3.17. The van der Waals surface area contributed by atoms with Crippen LogP contribution in [-0.2, 0) is 6.42 Å². The van der Waals surface area contributed by atoms with Crippen molar-refractivity contribution in [2.45, 2.75) is 19.8 Å². The Labute approximate surface area is 102 Å². The van der Waals surface area contributed by atoms with Gasteiger partial charge in [0.25, 0.3) is 0 Å². The molecular formula is C14H19N3. The largest absolute Gasteiger partial charge is 0.320 e. The molecule has 0 aliphatic carbocycles. The van der Waals surface area contributed by atoms with Crippen LogP contribution in [0.5, 0.6) is 0 Å². The Balaban J connectivity index is 2.22. The van der Waals surface area contributed by atoms with Crippen molar-refractivity contribution in [1.82, 2.24) is 15.5 Å². The minimum atomic E-state index is 1.03. The third-order valence-corrected chi connectivity index (χ3v) is 3.01. The minimum absolute atomic E-state index is 1.03. The molecule has 0 atom stereocenters. The summed E-state index contributed by atoms with van der Waals surface area (Å²) >= 11 is 0. The molecule has 90 valence electrons. The van der Waals surface area contributed by atoms with Crippen LogP contribution in [0.3, 0.4) is 0 Å². The third kappa shape index (κ3) is 2.74. The van der Waals surface area contributed by atoms with Crippen molar-refractivity contribution in [2.75, 3.05) is 13.6 Å². The van der Waals surface area contributed by atoms with Gasteiger partial charge >= 0.3 is 0 Å². The fraction of sp³-hybridized carbons (Fsp3) is 0.357. The molecule has 0 saturated heterocycles. The van der Waals surface area contributed by atoms with Crippen LogP contribution in [0.4, 0.5) is 0 Å². The van der Waals surface area contributed by atoms with Gasteiger partial charge in [-0.15, -0.1) is 0 Å². The van der Waals surface area contributed by atoms with Gasteiger partial charge < -0.3 is 5.32 Å². The third-order valence-electron chi connectivity index (χ3n) is 3.01. The first-order valence-corrected chi connectivity index (χ1v) is 6.05. The van der Waals surface area contributed by atoms with Crippen LogP contribution < -0.4 is 5.32 Å². The molecule has 17 heavy (non-hydrogen) atoms. The lowest BCUT2D eigenvalue weighted by molar-refractivity contribution is 0.714. The molecule has 0 saturated carbocycles. The summed E-state index contributed by atoms with van der Waals surface area (Å²) in [6.07, 6.45) is 4.08. The van der Waals surface area contributed by atoms with E-state index in [-0.39, 0.29) is 0 Å². The van der Waals surface area contributed by atoms with E-state index in [0.717, 1.165) is 19.4 Å². The summed E-state index contributed by atoms with van der Waals surface area (Å²) in [5.41, 5.74) is 5.04. The van der Waals surface area contributed by atoms with Gasteiger partial charge in [0.1, 0.15) is 0 Å². The first-order valence-electron chi connectivity index (χ1n) is 6.05. The zero-order chi connectivity index (χ0) is 12.1. The Hall–Kier alpha value is -1.61. The number of aryl methyl sites for hydroxylation is 2. The molecule has 3 nitrogen and oxygen atoms in total. The molecule has 2 rings (SSSR count). The normalized spacial score (nSPS) is 10.7. The van der Waals surface area contributed by atoms with Crippen molar-refractivity contribution in [3.8, 4) is 11.1 Å². The van der Waals surface area contributed by atoms with Gasteiger partial charge in [-0.1, -0.05) is 24.3 Å². The van der Waals surface area contributed by atoms with Gasteiger partial charge in [0.2, 0.25) is 0 Å². The maximum absolute atomic E-state index is 4.17. The molecule has 0 amide bonds. The Morgan fingerprint density at radius 3 is 2.82 bits per heavy atom. The first-order chi connectivity index (χ1) is 8.33. The molecule has 1 aromatic heterocycles. The number of nitrogens with one attached hydrogen (secondary N) is 2. The van der Waals surface area contributed by atoms with Crippen LogP contribution >= 0.6 is 0 Å². The monoisotopic (exact) mass is 229 g/mol. The van der Waals surface area contributed by atoms with Crippen LogP contribution in [0.25, 0.3) is 11.1 Å². The van der Waals surface area contributed by atoms with E-state index in [1.54, 1.807) is 0 Å². The second-order valence-corrected chi connectivity index (χ2v) is 4.28. The topological polar surface area (TPSA) is 40.7 Å². The summed E-state index contributed by atoms with van der Waals surface area (Å²) in [6, 6.07) is 8.44. The minimum Gasteiger partial charge on any atom is -0.320 e. The fourth-order valence-electron chi connectivity index (χ4n) is 2.05. The summed E-state index contributed by atoms with van der Waals surface area (Å²) < 4.78 is 0. The van der Waals surface area contributed by atoms with E-state index >= 15 is 0 Å². The van der Waals surface area contributed by atoms with Gasteiger partial charge in [-0.25, -0.2) is 0 Å². The van der Waals surface area contributed by atoms with Crippen molar-refractivity contribution in [3.63, 3.8) is 0 Å². The maximum atomic E-state index is 4.17. The lowest BCUT2D eigenvalue weighted by Gasteiger charge is -2.06. The number of hydrogen-bond acceptors (Lipinski definition) is 2. The van der Waals surface area contributed by atoms with Crippen LogP contribution in [0.1, 0.15) is 17.7 Å². The van der Waals surface area contributed by atoms with Crippen molar-refractivity contribution in [3.05, 3.63) is 41.7 Å². The van der Waals surface area contributed by atoms with E-state index in [9.17, 15) is 0 Å². The van der Waals surface area contributed by atoms with Crippen LogP contribution in [-0.4, -0.2) is 23.8 Å². The average Bonchev–Trinajstić information content (AvgIpc) is 2.78. The number of benzene rings is 1. The quantitative estimate of drug-likeness (QED) is 0.773. The zero-order valence-electron chi connectivity index (χ0n) is 10.5. The Morgan fingerprint density at radius 1 is 1.24 bits per heavy atom. The number of H-pyrrole nitrogens is 1. The number of hydrogen-bond donors (Lipinski definition) is 2. The van der Waals surface area contributed by atoms with Gasteiger partial charge in [0.15, 0.2) is 0 Å². The highest BCUT2D eigenvalue weighted by Crippen LogP contribution is 2.25. The zero-order valence-corrected chi connectivity index (χ0v) is 10.5. The molecule has 1 aromatic carbocycles. The second kappa shape index (κ2) is 5.64. The molecule has 0 radical (unpaired) electrons. The molecule has 0 unspecified atom stereocenters. The van der Waals surface area contributed by atoms with Crippen molar-refractivity contribution in [2.24, 2.45) is 0 Å².